The van der Waals surface area contributed by atoms with Crippen LogP contribution >= 0.6 is 0 Å². The third kappa shape index (κ3) is 4.82. The summed E-state index contributed by atoms with van der Waals surface area (Å²) in [6.45, 7) is 3.97. The fourth-order valence-corrected chi connectivity index (χ4v) is 2.62. The second kappa shape index (κ2) is 8.31. The number of aromatic nitrogens is 2. The van der Waals surface area contributed by atoms with Gasteiger partial charge in [-0.05, 0) is 55.3 Å². The van der Waals surface area contributed by atoms with Gasteiger partial charge in [-0.2, -0.15) is 0 Å². The average molecular weight is 362 g/mol. The second-order valence-electron chi connectivity index (χ2n) is 6.06. The van der Waals surface area contributed by atoms with Gasteiger partial charge in [0, 0.05) is 17.4 Å². The van der Waals surface area contributed by atoms with Crippen molar-refractivity contribution in [1.82, 2.24) is 9.97 Å². The lowest BCUT2D eigenvalue weighted by molar-refractivity contribution is 0.0601. The molecule has 3 aromatic rings. The predicted molar refractivity (Wildman–Crippen MR) is 107 cm³/mol. The minimum atomic E-state index is -0.361. The number of hydrogen-bond donors (Lipinski definition) is 2. The molecular weight excluding hydrogens is 340 g/mol. The third-order valence-electron chi connectivity index (χ3n) is 4.05. The van der Waals surface area contributed by atoms with Crippen LogP contribution in [0.1, 0.15) is 28.7 Å². The van der Waals surface area contributed by atoms with E-state index in [9.17, 15) is 4.79 Å². The molecule has 2 aromatic carbocycles. The van der Waals surface area contributed by atoms with Gasteiger partial charge in [0.15, 0.2) is 0 Å². The van der Waals surface area contributed by atoms with Gasteiger partial charge in [0.1, 0.15) is 17.5 Å². The van der Waals surface area contributed by atoms with Crippen LogP contribution in [0.25, 0.3) is 0 Å². The van der Waals surface area contributed by atoms with E-state index >= 15 is 0 Å². The first kappa shape index (κ1) is 18.4. The molecule has 0 atom stereocenters. The van der Waals surface area contributed by atoms with Gasteiger partial charge >= 0.3 is 5.97 Å². The molecule has 0 bridgehead atoms. The first-order chi connectivity index (χ1) is 13.1. The number of rotatable bonds is 6. The first-order valence-electron chi connectivity index (χ1n) is 8.74. The molecule has 0 aliphatic carbocycles. The summed E-state index contributed by atoms with van der Waals surface area (Å²) in [5, 5.41) is 6.53. The Morgan fingerprint density at radius 1 is 0.926 bits per heavy atom. The summed E-state index contributed by atoms with van der Waals surface area (Å²) in [6.07, 6.45) is 1.01. The van der Waals surface area contributed by atoms with E-state index in [1.807, 2.05) is 25.1 Å². The average Bonchev–Trinajstić information content (AvgIpc) is 2.68. The highest BCUT2D eigenvalue weighted by molar-refractivity contribution is 5.89. The zero-order chi connectivity index (χ0) is 19.2. The molecule has 6 heteroatoms. The van der Waals surface area contributed by atoms with E-state index in [0.717, 1.165) is 17.8 Å². The molecule has 0 radical (unpaired) electrons. The summed E-state index contributed by atoms with van der Waals surface area (Å²) >= 11 is 0. The Hall–Kier alpha value is -3.41. The summed E-state index contributed by atoms with van der Waals surface area (Å²) in [5.74, 6) is 1.67. The molecule has 6 nitrogen and oxygen atoms in total. The van der Waals surface area contributed by atoms with E-state index in [-0.39, 0.29) is 5.97 Å². The molecule has 2 N–H and O–H groups in total. The largest absolute Gasteiger partial charge is 0.465 e. The Morgan fingerprint density at radius 3 is 1.93 bits per heavy atom. The Morgan fingerprint density at radius 2 is 1.44 bits per heavy atom. The van der Waals surface area contributed by atoms with Crippen molar-refractivity contribution < 1.29 is 9.53 Å². The molecule has 3 rings (SSSR count). The Kier molecular flexibility index (Phi) is 5.66. The molecule has 0 aliphatic rings. The minimum Gasteiger partial charge on any atom is -0.465 e. The summed E-state index contributed by atoms with van der Waals surface area (Å²) in [5.41, 5.74) is 3.58. The summed E-state index contributed by atoms with van der Waals surface area (Å²) in [4.78, 5) is 20.4. The van der Waals surface area contributed by atoms with Crippen molar-refractivity contribution >= 4 is 29.0 Å². The van der Waals surface area contributed by atoms with Gasteiger partial charge in [0.2, 0.25) is 0 Å². The summed E-state index contributed by atoms with van der Waals surface area (Å²) in [6, 6.07) is 17.1. The zero-order valence-electron chi connectivity index (χ0n) is 15.6. The smallest absolute Gasteiger partial charge is 0.337 e. The number of nitrogens with zero attached hydrogens (tertiary/aromatic N) is 2. The van der Waals surface area contributed by atoms with Crippen LogP contribution in [0.5, 0.6) is 0 Å². The van der Waals surface area contributed by atoms with Gasteiger partial charge < -0.3 is 15.4 Å². The molecule has 1 aromatic heterocycles. The van der Waals surface area contributed by atoms with Gasteiger partial charge in [-0.15, -0.1) is 0 Å². The number of anilines is 4. The fraction of sp³-hybridized carbons (Fsp3) is 0.190. The van der Waals surface area contributed by atoms with Crippen LogP contribution in [-0.4, -0.2) is 23.0 Å². The molecule has 0 unspecified atom stereocenters. The van der Waals surface area contributed by atoms with Crippen LogP contribution < -0.4 is 10.6 Å². The van der Waals surface area contributed by atoms with Crippen LogP contribution in [0.2, 0.25) is 0 Å². The number of esters is 1. The van der Waals surface area contributed by atoms with Crippen molar-refractivity contribution in [2.24, 2.45) is 0 Å². The first-order valence-corrected chi connectivity index (χ1v) is 8.74. The van der Waals surface area contributed by atoms with Crippen LogP contribution in [0.4, 0.5) is 23.0 Å². The molecule has 0 spiro atoms. The van der Waals surface area contributed by atoms with Gasteiger partial charge in [0.05, 0.1) is 12.7 Å². The molecule has 1 heterocycles. The highest BCUT2D eigenvalue weighted by Gasteiger charge is 2.06. The lowest BCUT2D eigenvalue weighted by Crippen LogP contribution is -2.03. The monoisotopic (exact) mass is 362 g/mol. The van der Waals surface area contributed by atoms with Crippen molar-refractivity contribution in [3.8, 4) is 0 Å². The van der Waals surface area contributed by atoms with Crippen LogP contribution in [0.3, 0.4) is 0 Å². The fourth-order valence-electron chi connectivity index (χ4n) is 2.62. The maximum Gasteiger partial charge on any atom is 0.337 e. The zero-order valence-corrected chi connectivity index (χ0v) is 15.6. The number of ether oxygens (including phenoxy) is 1. The second-order valence-corrected chi connectivity index (χ2v) is 6.06. The standard InChI is InChI=1S/C21H22N4O2/c1-4-15-5-9-17(10-6-15)24-19-13-20(23-14(2)22-19)25-18-11-7-16(8-12-18)21(26)27-3/h5-13H,4H2,1-3H3,(H2,22,23,24,25). The number of benzene rings is 2. The Balaban J connectivity index is 1.75. The molecule has 27 heavy (non-hydrogen) atoms. The number of methoxy groups -OCH3 is 1. The van der Waals surface area contributed by atoms with Gasteiger partial charge in [-0.25, -0.2) is 14.8 Å². The SMILES string of the molecule is CCc1ccc(Nc2cc(Nc3ccc(C(=O)OC)cc3)nc(C)n2)cc1. The van der Waals surface area contributed by atoms with Crippen molar-refractivity contribution in [3.63, 3.8) is 0 Å². The van der Waals surface area contributed by atoms with Gasteiger partial charge in [0.25, 0.3) is 0 Å². The van der Waals surface area contributed by atoms with E-state index in [2.05, 4.69) is 39.7 Å². The van der Waals surface area contributed by atoms with E-state index in [1.54, 1.807) is 24.3 Å². The van der Waals surface area contributed by atoms with Gasteiger partial charge in [-0.1, -0.05) is 19.1 Å². The van der Waals surface area contributed by atoms with E-state index in [0.29, 0.717) is 23.0 Å². The van der Waals surface area contributed by atoms with E-state index < -0.39 is 0 Å². The van der Waals surface area contributed by atoms with E-state index in [4.69, 9.17) is 4.74 Å². The number of nitrogens with one attached hydrogen (secondary N) is 2. The number of carbonyl (C=O) groups is 1. The lowest BCUT2D eigenvalue weighted by atomic mass is 10.1. The number of aryl methyl sites for hydroxylation is 2. The van der Waals surface area contributed by atoms with Crippen LogP contribution in [-0.2, 0) is 11.2 Å². The third-order valence-corrected chi connectivity index (χ3v) is 4.05. The molecule has 138 valence electrons. The molecule has 0 amide bonds. The molecule has 0 saturated carbocycles. The quantitative estimate of drug-likeness (QED) is 0.623. The van der Waals surface area contributed by atoms with Crippen LogP contribution in [0, 0.1) is 6.92 Å². The predicted octanol–water partition coefficient (Wildman–Crippen LogP) is 4.62. The number of hydrogen-bond acceptors (Lipinski definition) is 6. The lowest BCUT2D eigenvalue weighted by Gasteiger charge is -2.11. The summed E-state index contributed by atoms with van der Waals surface area (Å²) < 4.78 is 4.71. The topological polar surface area (TPSA) is 76.1 Å². The molecule has 0 fully saturated rings. The highest BCUT2D eigenvalue weighted by atomic mass is 16.5. The minimum absolute atomic E-state index is 0.361. The Bertz CT molecular complexity index is 922. The van der Waals surface area contributed by atoms with Crippen molar-refractivity contribution in [2.45, 2.75) is 20.3 Å². The van der Waals surface area contributed by atoms with Crippen LogP contribution in [0.15, 0.2) is 54.6 Å². The summed E-state index contributed by atoms with van der Waals surface area (Å²) in [7, 11) is 1.36. The van der Waals surface area contributed by atoms with E-state index in [1.165, 1.54) is 12.7 Å². The maximum atomic E-state index is 11.5. The molecular formula is C21H22N4O2. The molecule has 0 saturated heterocycles. The van der Waals surface area contributed by atoms with Crippen molar-refractivity contribution in [1.29, 1.82) is 0 Å². The Labute approximate surface area is 158 Å². The normalized spacial score (nSPS) is 10.3. The maximum absolute atomic E-state index is 11.5. The van der Waals surface area contributed by atoms with Gasteiger partial charge in [-0.3, -0.25) is 0 Å². The number of carbonyl (C=O) groups excluding carboxylic acids is 1. The molecule has 0 aliphatic heterocycles. The highest BCUT2D eigenvalue weighted by Crippen LogP contribution is 2.21. The van der Waals surface area contributed by atoms with Crippen molar-refractivity contribution in [3.05, 3.63) is 71.5 Å². The van der Waals surface area contributed by atoms with Crippen molar-refractivity contribution in [2.75, 3.05) is 17.7 Å².